The zero-order valence-corrected chi connectivity index (χ0v) is 18.6. The molecule has 0 bridgehead atoms. The highest BCUT2D eigenvalue weighted by atomic mass is 35.5. The molecule has 2 aromatic carbocycles. The summed E-state index contributed by atoms with van der Waals surface area (Å²) in [7, 11) is 1.62. The maximum Gasteiger partial charge on any atom is 0.189 e. The predicted octanol–water partition coefficient (Wildman–Crippen LogP) is 4.40. The summed E-state index contributed by atoms with van der Waals surface area (Å²) in [6.07, 6.45) is 5.56. The number of aromatic nitrogens is 5. The number of benzene rings is 2. The summed E-state index contributed by atoms with van der Waals surface area (Å²) in [6, 6.07) is 13.6. The largest absolute Gasteiger partial charge is 0.495 e. The summed E-state index contributed by atoms with van der Waals surface area (Å²) in [4.78, 5) is 17.4. The number of imidazole rings is 1. The highest BCUT2D eigenvalue weighted by Crippen LogP contribution is 2.33. The van der Waals surface area contributed by atoms with Crippen molar-refractivity contribution in [3.63, 3.8) is 0 Å². The van der Waals surface area contributed by atoms with Crippen LogP contribution in [0, 0.1) is 6.92 Å². The van der Waals surface area contributed by atoms with Crippen LogP contribution >= 0.6 is 11.6 Å². The Balaban J connectivity index is 1.37. The molecule has 2 aromatic heterocycles. The van der Waals surface area contributed by atoms with Gasteiger partial charge in [-0.15, -0.1) is 5.10 Å². The standard InChI is InChI=1S/C24H22ClN5O2/c1-15-13-29(14-26-15)20-8-3-16(12-23(20)32-2)11-22(31)24-21-10-9-19(30(21)28-27-24)17-4-6-18(25)7-5-17/h3-8,12-14,19H,9-11H2,1-2H3/t19-/m0/s1. The van der Waals surface area contributed by atoms with Gasteiger partial charge < -0.3 is 9.30 Å². The van der Waals surface area contributed by atoms with Gasteiger partial charge in [-0.1, -0.05) is 35.0 Å². The first-order valence-electron chi connectivity index (χ1n) is 10.4. The molecular weight excluding hydrogens is 426 g/mol. The van der Waals surface area contributed by atoms with E-state index in [1.807, 2.05) is 64.8 Å². The first-order valence-corrected chi connectivity index (χ1v) is 10.8. The van der Waals surface area contributed by atoms with E-state index in [0.717, 1.165) is 41.0 Å². The molecule has 32 heavy (non-hydrogen) atoms. The summed E-state index contributed by atoms with van der Waals surface area (Å²) in [5.41, 5.74) is 5.12. The van der Waals surface area contributed by atoms with Crippen molar-refractivity contribution in [2.45, 2.75) is 32.2 Å². The molecule has 4 aromatic rings. The zero-order chi connectivity index (χ0) is 22.2. The Bertz CT molecular complexity index is 1290. The number of nitrogens with zero attached hydrogens (tertiary/aromatic N) is 5. The Labute approximate surface area is 190 Å². The third kappa shape index (κ3) is 3.69. The maximum absolute atomic E-state index is 13.1. The zero-order valence-electron chi connectivity index (χ0n) is 17.8. The lowest BCUT2D eigenvalue weighted by Crippen LogP contribution is -2.08. The molecule has 8 heteroatoms. The Morgan fingerprint density at radius 1 is 1.22 bits per heavy atom. The molecule has 1 atom stereocenters. The lowest BCUT2D eigenvalue weighted by Gasteiger charge is -2.11. The number of fused-ring (bicyclic) bond motifs is 1. The molecule has 3 heterocycles. The van der Waals surface area contributed by atoms with E-state index in [1.165, 1.54) is 0 Å². The fourth-order valence-corrected chi connectivity index (χ4v) is 4.40. The van der Waals surface area contributed by atoms with Crippen molar-refractivity contribution >= 4 is 17.4 Å². The monoisotopic (exact) mass is 447 g/mol. The molecule has 162 valence electrons. The second-order valence-corrected chi connectivity index (χ2v) is 8.40. The highest BCUT2D eigenvalue weighted by molar-refractivity contribution is 6.30. The Hall–Kier alpha value is -3.45. The number of Topliss-reactive ketones (excluding diaryl/α,β-unsaturated/α-hetero) is 1. The molecule has 1 aliphatic heterocycles. The molecule has 0 amide bonds. The Kier molecular flexibility index (Phi) is 5.27. The van der Waals surface area contributed by atoms with E-state index in [9.17, 15) is 4.79 Å². The summed E-state index contributed by atoms with van der Waals surface area (Å²) >= 11 is 6.02. The van der Waals surface area contributed by atoms with Gasteiger partial charge in [0.2, 0.25) is 0 Å². The lowest BCUT2D eigenvalue weighted by molar-refractivity contribution is 0.0987. The van der Waals surface area contributed by atoms with Gasteiger partial charge >= 0.3 is 0 Å². The van der Waals surface area contributed by atoms with Crippen molar-refractivity contribution in [1.29, 1.82) is 0 Å². The third-order valence-corrected chi connectivity index (χ3v) is 6.11. The summed E-state index contributed by atoms with van der Waals surface area (Å²) in [5.74, 6) is 0.639. The number of rotatable bonds is 6. The molecule has 0 saturated heterocycles. The van der Waals surface area contributed by atoms with Gasteiger partial charge in [-0.3, -0.25) is 4.79 Å². The molecule has 0 saturated carbocycles. The average Bonchev–Trinajstić information content (AvgIpc) is 3.51. The van der Waals surface area contributed by atoms with Crippen molar-refractivity contribution < 1.29 is 9.53 Å². The average molecular weight is 448 g/mol. The number of carbonyl (C=O) groups excluding carboxylic acids is 1. The molecule has 1 aliphatic rings. The van der Waals surface area contributed by atoms with Gasteiger partial charge in [-0.2, -0.15) is 0 Å². The fraction of sp³-hybridized carbons (Fsp3) is 0.250. The van der Waals surface area contributed by atoms with Crippen LogP contribution in [0.15, 0.2) is 55.0 Å². The molecular formula is C24H22ClN5O2. The van der Waals surface area contributed by atoms with Crippen molar-refractivity contribution in [3.05, 3.63) is 88.2 Å². The van der Waals surface area contributed by atoms with Gasteiger partial charge in [0.15, 0.2) is 11.5 Å². The molecule has 0 N–H and O–H groups in total. The molecule has 0 radical (unpaired) electrons. The van der Waals surface area contributed by atoms with Crippen LogP contribution < -0.4 is 4.74 Å². The first-order chi connectivity index (χ1) is 15.5. The van der Waals surface area contributed by atoms with Crippen LogP contribution in [0.5, 0.6) is 5.75 Å². The van der Waals surface area contributed by atoms with E-state index < -0.39 is 0 Å². The van der Waals surface area contributed by atoms with E-state index in [1.54, 1.807) is 13.4 Å². The van der Waals surface area contributed by atoms with Gasteiger partial charge in [-0.05, 0) is 55.2 Å². The molecule has 0 spiro atoms. The van der Waals surface area contributed by atoms with E-state index in [2.05, 4.69) is 15.3 Å². The molecule has 5 rings (SSSR count). The topological polar surface area (TPSA) is 74.8 Å². The van der Waals surface area contributed by atoms with E-state index >= 15 is 0 Å². The number of hydrogen-bond acceptors (Lipinski definition) is 5. The number of halogens is 1. The molecule has 0 unspecified atom stereocenters. The number of hydrogen-bond donors (Lipinski definition) is 0. The van der Waals surface area contributed by atoms with Crippen LogP contribution in [-0.2, 0) is 12.8 Å². The minimum absolute atomic E-state index is 0.0451. The normalized spacial score (nSPS) is 15.0. The second-order valence-electron chi connectivity index (χ2n) is 7.96. The van der Waals surface area contributed by atoms with Gasteiger partial charge in [0.1, 0.15) is 5.75 Å². The van der Waals surface area contributed by atoms with Gasteiger partial charge in [0.05, 0.1) is 36.6 Å². The van der Waals surface area contributed by atoms with Crippen LogP contribution in [0.25, 0.3) is 5.69 Å². The van der Waals surface area contributed by atoms with Crippen LogP contribution in [0.1, 0.15) is 45.5 Å². The number of ether oxygens (including phenoxy) is 1. The Morgan fingerprint density at radius 2 is 2.03 bits per heavy atom. The molecule has 0 aliphatic carbocycles. The number of aryl methyl sites for hydroxylation is 1. The number of methoxy groups -OCH3 is 1. The van der Waals surface area contributed by atoms with Crippen LogP contribution in [-0.4, -0.2) is 37.4 Å². The summed E-state index contributed by atoms with van der Waals surface area (Å²) in [5, 5.41) is 9.24. The van der Waals surface area contributed by atoms with Gasteiger partial charge in [0.25, 0.3) is 0 Å². The Morgan fingerprint density at radius 3 is 2.75 bits per heavy atom. The number of carbonyl (C=O) groups is 1. The van der Waals surface area contributed by atoms with Crippen LogP contribution in [0.3, 0.4) is 0 Å². The quantitative estimate of drug-likeness (QED) is 0.410. The van der Waals surface area contributed by atoms with E-state index in [0.29, 0.717) is 16.5 Å². The fourth-order valence-electron chi connectivity index (χ4n) is 4.27. The first kappa shape index (κ1) is 20.5. The minimum atomic E-state index is -0.0451. The highest BCUT2D eigenvalue weighted by Gasteiger charge is 2.30. The predicted molar refractivity (Wildman–Crippen MR) is 121 cm³/mol. The molecule has 0 fully saturated rings. The second kappa shape index (κ2) is 8.24. The van der Waals surface area contributed by atoms with Crippen LogP contribution in [0.2, 0.25) is 5.02 Å². The van der Waals surface area contributed by atoms with Crippen molar-refractivity contribution in [1.82, 2.24) is 24.5 Å². The van der Waals surface area contributed by atoms with Crippen molar-refractivity contribution in [2.24, 2.45) is 0 Å². The lowest BCUT2D eigenvalue weighted by atomic mass is 10.0. The smallest absolute Gasteiger partial charge is 0.189 e. The van der Waals surface area contributed by atoms with Crippen molar-refractivity contribution in [3.8, 4) is 11.4 Å². The van der Waals surface area contributed by atoms with Gasteiger partial charge in [0, 0.05) is 17.6 Å². The minimum Gasteiger partial charge on any atom is -0.495 e. The summed E-state index contributed by atoms with van der Waals surface area (Å²) in [6.45, 7) is 1.94. The van der Waals surface area contributed by atoms with Gasteiger partial charge in [-0.25, -0.2) is 9.67 Å². The van der Waals surface area contributed by atoms with E-state index in [-0.39, 0.29) is 18.2 Å². The molecule has 7 nitrogen and oxygen atoms in total. The third-order valence-electron chi connectivity index (χ3n) is 5.86. The number of ketones is 1. The SMILES string of the molecule is COc1cc(CC(=O)c2nnn3c2CC[C@H]3c2ccc(Cl)cc2)ccc1-n1cnc(C)c1. The maximum atomic E-state index is 13.1. The van der Waals surface area contributed by atoms with E-state index in [4.69, 9.17) is 16.3 Å². The van der Waals surface area contributed by atoms with Crippen molar-refractivity contribution in [2.75, 3.05) is 7.11 Å². The summed E-state index contributed by atoms with van der Waals surface area (Å²) < 4.78 is 9.35. The van der Waals surface area contributed by atoms with Crippen LogP contribution in [0.4, 0.5) is 0 Å².